The van der Waals surface area contributed by atoms with Gasteiger partial charge in [-0.25, -0.2) is 0 Å². The van der Waals surface area contributed by atoms with Crippen molar-refractivity contribution in [3.8, 4) is 0 Å². The number of Topliss-reactive ketones (excluding diaryl/α,β-unsaturated/α-hetero) is 1. The Morgan fingerprint density at radius 1 is 0.727 bits per heavy atom. The highest BCUT2D eigenvalue weighted by molar-refractivity contribution is 5.98. The third-order valence-electron chi connectivity index (χ3n) is 6.27. The van der Waals surface area contributed by atoms with E-state index in [1.165, 1.54) is 44.5 Å². The summed E-state index contributed by atoms with van der Waals surface area (Å²) in [6, 6.07) is 37.9. The molecule has 0 radical (unpaired) electrons. The van der Waals surface area contributed by atoms with Crippen LogP contribution in [0.1, 0.15) is 51.5 Å². The maximum Gasteiger partial charge on any atom is 0.162 e. The second-order valence-corrected chi connectivity index (χ2v) is 8.38. The van der Waals surface area contributed by atoms with Crippen LogP contribution >= 0.6 is 0 Å². The van der Waals surface area contributed by atoms with Crippen molar-refractivity contribution in [2.75, 3.05) is 0 Å². The van der Waals surface area contributed by atoms with Crippen LogP contribution in [0.4, 0.5) is 0 Å². The second kappa shape index (κ2) is 9.26. The molecule has 0 saturated carbocycles. The molecule has 0 heterocycles. The molecule has 33 heavy (non-hydrogen) atoms. The molecular formula is C32H26O. The van der Waals surface area contributed by atoms with E-state index in [2.05, 4.69) is 109 Å². The molecule has 0 amide bonds. The van der Waals surface area contributed by atoms with Crippen LogP contribution in [-0.2, 0) is 6.42 Å². The van der Waals surface area contributed by atoms with Crippen LogP contribution in [0, 0.1) is 0 Å². The number of ketones is 1. The van der Waals surface area contributed by atoms with Crippen LogP contribution in [-0.4, -0.2) is 5.78 Å². The molecule has 4 aromatic carbocycles. The first kappa shape index (κ1) is 20.9. The fourth-order valence-electron chi connectivity index (χ4n) is 4.64. The van der Waals surface area contributed by atoms with Crippen molar-refractivity contribution in [2.45, 2.75) is 19.8 Å². The quantitative estimate of drug-likeness (QED) is 0.288. The summed E-state index contributed by atoms with van der Waals surface area (Å²) in [5.41, 5.74) is 10.6. The molecule has 1 heteroatoms. The van der Waals surface area contributed by atoms with E-state index in [-0.39, 0.29) is 5.78 Å². The van der Waals surface area contributed by atoms with E-state index in [0.717, 1.165) is 12.0 Å². The van der Waals surface area contributed by atoms with Gasteiger partial charge in [-0.1, -0.05) is 110 Å². The summed E-state index contributed by atoms with van der Waals surface area (Å²) >= 11 is 0. The summed E-state index contributed by atoms with van der Waals surface area (Å²) < 4.78 is 0. The van der Waals surface area contributed by atoms with Gasteiger partial charge in [-0.05, 0) is 63.1 Å². The number of carbonyl (C=O) groups excluding carboxylic acids is 1. The minimum absolute atomic E-state index is 0.192. The SMILES string of the molecule is CCC(=O)c1ccc2c(c1)CC(C=C(c1ccccc1)c1ccccc1)=C2c1ccccc1. The average molecular weight is 427 g/mol. The Hall–Kier alpha value is -3.97. The highest BCUT2D eigenvalue weighted by Crippen LogP contribution is 2.40. The van der Waals surface area contributed by atoms with Crippen molar-refractivity contribution in [2.24, 2.45) is 0 Å². The van der Waals surface area contributed by atoms with Gasteiger partial charge in [0.05, 0.1) is 0 Å². The van der Waals surface area contributed by atoms with E-state index in [9.17, 15) is 4.79 Å². The summed E-state index contributed by atoms with van der Waals surface area (Å²) in [4.78, 5) is 12.4. The van der Waals surface area contributed by atoms with Gasteiger partial charge < -0.3 is 0 Å². The molecular weight excluding hydrogens is 400 g/mol. The lowest BCUT2D eigenvalue weighted by Crippen LogP contribution is -1.98. The first-order valence-corrected chi connectivity index (χ1v) is 11.5. The van der Waals surface area contributed by atoms with Gasteiger partial charge in [0.25, 0.3) is 0 Å². The first-order valence-electron chi connectivity index (χ1n) is 11.5. The number of rotatable bonds is 6. The van der Waals surface area contributed by atoms with E-state index in [1.54, 1.807) is 0 Å². The molecule has 5 rings (SSSR count). The third-order valence-corrected chi connectivity index (χ3v) is 6.27. The summed E-state index contributed by atoms with van der Waals surface area (Å²) in [5, 5.41) is 0. The Morgan fingerprint density at radius 2 is 1.30 bits per heavy atom. The number of benzene rings is 4. The van der Waals surface area contributed by atoms with E-state index in [0.29, 0.717) is 6.42 Å². The Bertz CT molecular complexity index is 1300. The smallest absolute Gasteiger partial charge is 0.162 e. The molecule has 1 aliphatic carbocycles. The molecule has 0 unspecified atom stereocenters. The molecule has 4 aromatic rings. The van der Waals surface area contributed by atoms with Crippen molar-refractivity contribution in [3.05, 3.63) is 154 Å². The van der Waals surface area contributed by atoms with Crippen LogP contribution in [0.25, 0.3) is 11.1 Å². The van der Waals surface area contributed by atoms with E-state index in [4.69, 9.17) is 0 Å². The zero-order valence-corrected chi connectivity index (χ0v) is 18.8. The molecule has 1 nitrogen and oxygen atoms in total. The Balaban J connectivity index is 1.71. The highest BCUT2D eigenvalue weighted by atomic mass is 16.1. The topological polar surface area (TPSA) is 17.1 Å². The average Bonchev–Trinajstić information content (AvgIpc) is 3.25. The number of fused-ring (bicyclic) bond motifs is 1. The van der Waals surface area contributed by atoms with Crippen molar-refractivity contribution in [1.82, 2.24) is 0 Å². The van der Waals surface area contributed by atoms with Crippen LogP contribution in [0.3, 0.4) is 0 Å². The number of carbonyl (C=O) groups is 1. The Labute approximate surface area is 195 Å². The summed E-state index contributed by atoms with van der Waals surface area (Å²) in [7, 11) is 0. The lowest BCUT2D eigenvalue weighted by atomic mass is 9.92. The first-order chi connectivity index (χ1) is 16.2. The van der Waals surface area contributed by atoms with Crippen LogP contribution in [0.15, 0.2) is 121 Å². The van der Waals surface area contributed by atoms with Crippen LogP contribution in [0.2, 0.25) is 0 Å². The van der Waals surface area contributed by atoms with E-state index in [1.807, 2.05) is 13.0 Å². The zero-order chi connectivity index (χ0) is 22.6. The molecule has 0 spiro atoms. The second-order valence-electron chi connectivity index (χ2n) is 8.38. The summed E-state index contributed by atoms with van der Waals surface area (Å²) in [6.07, 6.45) is 3.68. The highest BCUT2D eigenvalue weighted by Gasteiger charge is 2.23. The molecule has 0 atom stereocenters. The van der Waals surface area contributed by atoms with Crippen molar-refractivity contribution < 1.29 is 4.79 Å². The van der Waals surface area contributed by atoms with Gasteiger partial charge in [0.1, 0.15) is 0 Å². The number of hydrogen-bond acceptors (Lipinski definition) is 1. The van der Waals surface area contributed by atoms with Crippen molar-refractivity contribution in [3.63, 3.8) is 0 Å². The van der Waals surface area contributed by atoms with Crippen LogP contribution < -0.4 is 0 Å². The monoisotopic (exact) mass is 426 g/mol. The normalized spacial score (nSPS) is 12.4. The molecule has 0 N–H and O–H groups in total. The fraction of sp³-hybridized carbons (Fsp3) is 0.0938. The third kappa shape index (κ3) is 4.23. The lowest BCUT2D eigenvalue weighted by molar-refractivity contribution is 0.0988. The van der Waals surface area contributed by atoms with Gasteiger partial charge in [-0.3, -0.25) is 4.79 Å². The molecule has 0 aliphatic heterocycles. The summed E-state index contributed by atoms with van der Waals surface area (Å²) in [5.74, 6) is 0.192. The molecule has 0 fully saturated rings. The van der Waals surface area contributed by atoms with Gasteiger partial charge in [0.2, 0.25) is 0 Å². The Kier molecular flexibility index (Phi) is 5.87. The van der Waals surface area contributed by atoms with Gasteiger partial charge >= 0.3 is 0 Å². The largest absolute Gasteiger partial charge is 0.294 e. The van der Waals surface area contributed by atoms with Crippen molar-refractivity contribution in [1.29, 1.82) is 0 Å². The minimum Gasteiger partial charge on any atom is -0.294 e. The molecule has 0 bridgehead atoms. The fourth-order valence-corrected chi connectivity index (χ4v) is 4.64. The van der Waals surface area contributed by atoms with Gasteiger partial charge in [-0.15, -0.1) is 0 Å². The predicted molar refractivity (Wildman–Crippen MR) is 137 cm³/mol. The molecule has 160 valence electrons. The van der Waals surface area contributed by atoms with Crippen molar-refractivity contribution >= 4 is 16.9 Å². The van der Waals surface area contributed by atoms with E-state index < -0.39 is 0 Å². The predicted octanol–water partition coefficient (Wildman–Crippen LogP) is 7.77. The number of hydrogen-bond donors (Lipinski definition) is 0. The molecule has 1 aliphatic rings. The zero-order valence-electron chi connectivity index (χ0n) is 18.8. The molecule has 0 aromatic heterocycles. The van der Waals surface area contributed by atoms with E-state index >= 15 is 0 Å². The molecule has 0 saturated heterocycles. The maximum atomic E-state index is 12.4. The van der Waals surface area contributed by atoms with Crippen LogP contribution in [0.5, 0.6) is 0 Å². The minimum atomic E-state index is 0.192. The summed E-state index contributed by atoms with van der Waals surface area (Å²) in [6.45, 7) is 1.92. The standard InChI is InChI=1S/C32H26O/c1-2-31(33)26-18-19-29-27(20-26)21-28(32(29)25-16-10-5-11-17-25)22-30(23-12-6-3-7-13-23)24-14-8-4-9-15-24/h3-20,22H,2,21H2,1H3. The van der Waals surface area contributed by atoms with Gasteiger partial charge in [0, 0.05) is 12.0 Å². The maximum absolute atomic E-state index is 12.4. The number of allylic oxidation sites excluding steroid dienone is 2. The van der Waals surface area contributed by atoms with Gasteiger partial charge in [-0.2, -0.15) is 0 Å². The lowest BCUT2D eigenvalue weighted by Gasteiger charge is -2.11. The van der Waals surface area contributed by atoms with Gasteiger partial charge in [0.15, 0.2) is 5.78 Å². The Morgan fingerprint density at radius 3 is 1.88 bits per heavy atom.